The summed E-state index contributed by atoms with van der Waals surface area (Å²) >= 11 is 0. The van der Waals surface area contributed by atoms with Crippen LogP contribution in [0.5, 0.6) is 0 Å². The first kappa shape index (κ1) is 65.1. The quantitative estimate of drug-likeness (QED) is 0.0280. The van der Waals surface area contributed by atoms with Gasteiger partial charge in [-0.05, 0) is 141 Å². The molecule has 0 aromatic heterocycles. The van der Waals surface area contributed by atoms with Crippen LogP contribution in [0.15, 0.2) is 97.1 Å². The standard InChI is InChI=1S/C64H94O7.C2H6O2/c1-59(2,3)53(41-65)35-23-45-15-27-49(28-16-45)63(13,50-29-17-46(18-30-50)24-36-54(42-66)60(4,5)6)39-57(69)71-58(70)40-64(14,51-31-19-47(20-32-51)25-37-55(43-67)61(7,8)9)52-33-21-48(22-34-52)26-38-56(44-68)62(10,11)12;3-1-2-4/h15-22,27-34,53-56,65-68H,23-26,35-44H2,1-14H3;3-4H,1-2H2. The van der Waals surface area contributed by atoms with Crippen LogP contribution in [0.3, 0.4) is 0 Å². The van der Waals surface area contributed by atoms with Crippen LogP contribution >= 0.6 is 0 Å². The van der Waals surface area contributed by atoms with E-state index in [1.165, 1.54) is 0 Å². The van der Waals surface area contributed by atoms with Gasteiger partial charge in [-0.1, -0.05) is 194 Å². The largest absolute Gasteiger partial charge is 0.396 e. The maximum absolute atomic E-state index is 14.3. The van der Waals surface area contributed by atoms with Gasteiger partial charge in [-0.2, -0.15) is 0 Å². The van der Waals surface area contributed by atoms with E-state index >= 15 is 0 Å². The molecule has 0 aliphatic carbocycles. The molecule has 0 spiro atoms. The van der Waals surface area contributed by atoms with Gasteiger partial charge in [-0.25, -0.2) is 0 Å². The third kappa shape index (κ3) is 19.9. The Morgan fingerprint density at radius 1 is 0.347 bits per heavy atom. The summed E-state index contributed by atoms with van der Waals surface area (Å²) in [5, 5.41) is 55.7. The summed E-state index contributed by atoms with van der Waals surface area (Å²) in [6.07, 6.45) is 6.60. The van der Waals surface area contributed by atoms with Crippen LogP contribution in [0.2, 0.25) is 0 Å². The number of carbonyl (C=O) groups is 2. The molecule has 0 saturated carbocycles. The molecule has 4 aromatic rings. The average Bonchev–Trinajstić information content (AvgIpc) is 3.33. The number of carbonyl (C=O) groups excluding carboxylic acids is 2. The molecule has 75 heavy (non-hydrogen) atoms. The summed E-state index contributed by atoms with van der Waals surface area (Å²) in [5.74, 6) is -0.517. The van der Waals surface area contributed by atoms with Gasteiger partial charge in [0.15, 0.2) is 0 Å². The van der Waals surface area contributed by atoms with Gasteiger partial charge in [0.2, 0.25) is 0 Å². The number of rotatable bonds is 25. The van der Waals surface area contributed by atoms with E-state index in [1.807, 2.05) is 13.8 Å². The molecule has 9 heteroatoms. The molecule has 0 amide bonds. The summed E-state index contributed by atoms with van der Waals surface area (Å²) in [6.45, 7) is 30.4. The predicted molar refractivity (Wildman–Crippen MR) is 307 cm³/mol. The number of hydrogen-bond acceptors (Lipinski definition) is 9. The van der Waals surface area contributed by atoms with Crippen molar-refractivity contribution in [2.75, 3.05) is 39.6 Å². The van der Waals surface area contributed by atoms with E-state index in [4.69, 9.17) is 14.9 Å². The average molecular weight is 1040 g/mol. The highest BCUT2D eigenvalue weighted by atomic mass is 16.6. The van der Waals surface area contributed by atoms with Crippen LogP contribution in [0.4, 0.5) is 0 Å². The van der Waals surface area contributed by atoms with Crippen molar-refractivity contribution in [2.24, 2.45) is 45.3 Å². The van der Waals surface area contributed by atoms with Gasteiger partial charge in [0.1, 0.15) is 0 Å². The van der Waals surface area contributed by atoms with E-state index in [1.54, 1.807) is 0 Å². The summed E-state index contributed by atoms with van der Waals surface area (Å²) in [7, 11) is 0. The highest BCUT2D eigenvalue weighted by Crippen LogP contribution is 2.40. The minimum absolute atomic E-state index is 0.00966. The summed E-state index contributed by atoms with van der Waals surface area (Å²) in [4.78, 5) is 28.7. The number of ether oxygens (including phenoxy) is 1. The monoisotopic (exact) mass is 1040 g/mol. The van der Waals surface area contributed by atoms with Gasteiger partial charge in [0.25, 0.3) is 0 Å². The van der Waals surface area contributed by atoms with Gasteiger partial charge >= 0.3 is 11.9 Å². The lowest BCUT2D eigenvalue weighted by Gasteiger charge is -2.32. The molecule has 0 heterocycles. The lowest BCUT2D eigenvalue weighted by atomic mass is 9.72. The number of aliphatic hydroxyl groups is 6. The van der Waals surface area contributed by atoms with Crippen LogP contribution in [0.25, 0.3) is 0 Å². The van der Waals surface area contributed by atoms with Crippen molar-refractivity contribution >= 4 is 11.9 Å². The van der Waals surface area contributed by atoms with E-state index in [0.29, 0.717) is 0 Å². The first-order valence-corrected chi connectivity index (χ1v) is 27.7. The van der Waals surface area contributed by atoms with Gasteiger partial charge in [0, 0.05) is 37.3 Å². The fraction of sp³-hybridized carbons (Fsp3) is 0.606. The van der Waals surface area contributed by atoms with Crippen LogP contribution in [-0.2, 0) is 50.8 Å². The molecule has 4 aromatic carbocycles. The first-order valence-electron chi connectivity index (χ1n) is 27.7. The number of aryl methyl sites for hydroxylation is 4. The molecule has 0 bridgehead atoms. The number of benzene rings is 4. The number of hydrogen-bond donors (Lipinski definition) is 6. The number of aliphatic hydroxyl groups excluding tert-OH is 6. The molecule has 0 aliphatic heterocycles. The van der Waals surface area contributed by atoms with Crippen LogP contribution < -0.4 is 0 Å². The Kier molecular flexibility index (Phi) is 25.1. The Hall–Kier alpha value is -4.22. The Morgan fingerprint density at radius 3 is 0.680 bits per heavy atom. The van der Waals surface area contributed by atoms with E-state index in [9.17, 15) is 30.0 Å². The third-order valence-electron chi connectivity index (χ3n) is 16.6. The fourth-order valence-corrected chi connectivity index (χ4v) is 10.2. The van der Waals surface area contributed by atoms with E-state index in [0.717, 1.165) is 95.9 Å². The highest BCUT2D eigenvalue weighted by Gasteiger charge is 2.37. The molecule has 6 N–H and O–H groups in total. The summed E-state index contributed by atoms with van der Waals surface area (Å²) in [5.41, 5.74) is 6.67. The molecule has 418 valence electrons. The lowest BCUT2D eigenvalue weighted by Crippen LogP contribution is -2.32. The lowest BCUT2D eigenvalue weighted by molar-refractivity contribution is -0.160. The van der Waals surface area contributed by atoms with E-state index in [2.05, 4.69) is 180 Å². The molecular formula is C66H100O9. The van der Waals surface area contributed by atoms with E-state index < -0.39 is 22.8 Å². The molecule has 0 aliphatic rings. The van der Waals surface area contributed by atoms with Crippen LogP contribution in [0, 0.1) is 45.3 Å². The SMILES string of the molecule is CC(CC(=O)OC(=O)CC(C)(c1ccc(CCC(CO)C(C)(C)C)cc1)c1ccc(CCC(CO)C(C)(C)C)cc1)(c1ccc(CCC(CO)C(C)(C)C)cc1)c1ccc(CCC(CO)C(C)(C)C)cc1.OCCO. The highest BCUT2D eigenvalue weighted by molar-refractivity contribution is 5.87. The topological polar surface area (TPSA) is 165 Å². The molecular weight excluding hydrogens is 937 g/mol. The van der Waals surface area contributed by atoms with Gasteiger partial charge in [-0.15, -0.1) is 0 Å². The Balaban J connectivity index is 0.00000357. The minimum Gasteiger partial charge on any atom is -0.396 e. The zero-order valence-electron chi connectivity index (χ0n) is 48.8. The first-order chi connectivity index (χ1) is 35.0. The van der Waals surface area contributed by atoms with Crippen molar-refractivity contribution in [3.05, 3.63) is 142 Å². The van der Waals surface area contributed by atoms with Crippen molar-refractivity contribution in [1.82, 2.24) is 0 Å². The minimum atomic E-state index is -0.828. The van der Waals surface area contributed by atoms with Crippen molar-refractivity contribution in [3.63, 3.8) is 0 Å². The predicted octanol–water partition coefficient (Wildman–Crippen LogP) is 12.2. The van der Waals surface area contributed by atoms with Crippen molar-refractivity contribution in [1.29, 1.82) is 0 Å². The molecule has 4 rings (SSSR count). The Bertz CT molecular complexity index is 1970. The molecule has 4 unspecified atom stereocenters. The normalized spacial score (nSPS) is 15.6. The number of esters is 2. The summed E-state index contributed by atoms with van der Waals surface area (Å²) < 4.78 is 5.89. The maximum atomic E-state index is 14.3. The second-order valence-electron chi connectivity index (χ2n) is 26.2. The zero-order chi connectivity index (χ0) is 56.4. The van der Waals surface area contributed by atoms with Gasteiger partial charge in [-0.3, -0.25) is 9.59 Å². The molecule has 9 nitrogen and oxygen atoms in total. The smallest absolute Gasteiger partial charge is 0.314 e. The molecule has 0 fully saturated rings. The molecule has 0 radical (unpaired) electrons. The fourth-order valence-electron chi connectivity index (χ4n) is 10.2. The Morgan fingerprint density at radius 2 is 0.533 bits per heavy atom. The molecule has 0 saturated heterocycles. The molecule has 4 atom stereocenters. The van der Waals surface area contributed by atoms with Crippen LogP contribution in [0.1, 0.15) is 180 Å². The van der Waals surface area contributed by atoms with E-state index in [-0.39, 0.29) is 97.8 Å². The summed E-state index contributed by atoms with van der Waals surface area (Å²) in [6, 6.07) is 33.6. The Labute approximate surface area is 453 Å². The van der Waals surface area contributed by atoms with Crippen molar-refractivity contribution < 1.29 is 45.0 Å². The maximum Gasteiger partial charge on any atom is 0.314 e. The van der Waals surface area contributed by atoms with Crippen molar-refractivity contribution in [2.45, 2.75) is 172 Å². The third-order valence-corrected chi connectivity index (χ3v) is 16.6. The zero-order valence-corrected chi connectivity index (χ0v) is 48.8. The second kappa shape index (κ2) is 29.0. The second-order valence-corrected chi connectivity index (χ2v) is 26.2. The van der Waals surface area contributed by atoms with Crippen LogP contribution in [-0.4, -0.2) is 82.2 Å². The van der Waals surface area contributed by atoms with Gasteiger partial charge in [0.05, 0.1) is 26.1 Å². The van der Waals surface area contributed by atoms with Crippen molar-refractivity contribution in [3.8, 4) is 0 Å². The van der Waals surface area contributed by atoms with Gasteiger partial charge < -0.3 is 35.4 Å².